The molecule has 1 saturated heterocycles. The fourth-order valence-corrected chi connectivity index (χ4v) is 2.86. The van der Waals surface area contributed by atoms with Gasteiger partial charge >= 0.3 is 6.09 Å². The van der Waals surface area contributed by atoms with Crippen molar-refractivity contribution < 1.29 is 15.0 Å². The molecule has 2 N–H and O–H groups in total. The molecular formula is C17H23NO3. The molecule has 1 aromatic carbocycles. The second kappa shape index (κ2) is 5.80. The van der Waals surface area contributed by atoms with E-state index in [1.54, 1.807) is 17.0 Å². The van der Waals surface area contributed by atoms with Crippen LogP contribution in [0.4, 0.5) is 4.79 Å². The topological polar surface area (TPSA) is 60.8 Å². The van der Waals surface area contributed by atoms with Gasteiger partial charge < -0.3 is 15.1 Å². The smallest absolute Gasteiger partial charge is 0.407 e. The molecule has 0 spiro atoms. The van der Waals surface area contributed by atoms with Gasteiger partial charge in [0.25, 0.3) is 0 Å². The lowest BCUT2D eigenvalue weighted by Gasteiger charge is -2.42. The molecule has 1 fully saturated rings. The predicted octanol–water partition coefficient (Wildman–Crippen LogP) is 3.96. The minimum atomic E-state index is -0.841. The van der Waals surface area contributed by atoms with Gasteiger partial charge in [-0.1, -0.05) is 44.6 Å². The highest BCUT2D eigenvalue weighted by atomic mass is 16.4. The summed E-state index contributed by atoms with van der Waals surface area (Å²) in [5.41, 5.74) is 2.09. The Morgan fingerprint density at radius 2 is 2.10 bits per heavy atom. The monoisotopic (exact) mass is 289 g/mol. The van der Waals surface area contributed by atoms with Crippen LogP contribution in [0, 0.1) is 5.41 Å². The molecule has 1 amide bonds. The van der Waals surface area contributed by atoms with Gasteiger partial charge in [-0.3, -0.25) is 0 Å². The van der Waals surface area contributed by atoms with Crippen molar-refractivity contribution in [1.29, 1.82) is 0 Å². The summed E-state index contributed by atoms with van der Waals surface area (Å²) in [6, 6.07) is 7.11. The molecule has 2 rings (SSSR count). The summed E-state index contributed by atoms with van der Waals surface area (Å²) in [5.74, 6) is 0.250. The number of nitrogens with zero attached hydrogens (tertiary/aromatic N) is 1. The molecule has 1 aromatic rings. The molecule has 0 saturated carbocycles. The first kappa shape index (κ1) is 15.4. The molecule has 1 heterocycles. The number of phenolic OH excluding ortho intramolecular Hbond substituents is 1. The molecule has 21 heavy (non-hydrogen) atoms. The summed E-state index contributed by atoms with van der Waals surface area (Å²) >= 11 is 0. The number of benzene rings is 1. The summed E-state index contributed by atoms with van der Waals surface area (Å²) in [5, 5.41) is 18.9. The molecule has 1 aliphatic heterocycles. The number of phenols is 1. The number of amides is 1. The van der Waals surface area contributed by atoms with Gasteiger partial charge in [0.15, 0.2) is 0 Å². The van der Waals surface area contributed by atoms with E-state index in [-0.39, 0.29) is 17.2 Å². The van der Waals surface area contributed by atoms with Gasteiger partial charge in [0, 0.05) is 12.6 Å². The maximum Gasteiger partial charge on any atom is 0.407 e. The number of hydrogen-bond acceptors (Lipinski definition) is 2. The van der Waals surface area contributed by atoms with Crippen LogP contribution in [-0.2, 0) is 0 Å². The summed E-state index contributed by atoms with van der Waals surface area (Å²) in [4.78, 5) is 12.9. The highest BCUT2D eigenvalue weighted by Crippen LogP contribution is 2.35. The zero-order valence-electron chi connectivity index (χ0n) is 12.8. The van der Waals surface area contributed by atoms with Gasteiger partial charge in [-0.05, 0) is 36.0 Å². The van der Waals surface area contributed by atoms with Crippen molar-refractivity contribution in [1.82, 2.24) is 4.90 Å². The number of likely N-dealkylation sites (tertiary alicyclic amines) is 1. The van der Waals surface area contributed by atoms with Crippen LogP contribution in [0.15, 0.2) is 29.8 Å². The molecule has 4 nitrogen and oxygen atoms in total. The van der Waals surface area contributed by atoms with Crippen molar-refractivity contribution in [2.24, 2.45) is 5.41 Å². The second-order valence-electron chi connectivity index (χ2n) is 6.71. The van der Waals surface area contributed by atoms with Crippen molar-refractivity contribution >= 4 is 12.2 Å². The third kappa shape index (κ3) is 3.78. The Bertz CT molecular complexity index is 557. The first-order chi connectivity index (χ1) is 9.77. The number of carboxylic acid groups (broad SMARTS) is 1. The Kier molecular flexibility index (Phi) is 4.26. The normalized spacial score (nSPS) is 21.6. The van der Waals surface area contributed by atoms with Gasteiger partial charge in [0.2, 0.25) is 0 Å². The van der Waals surface area contributed by atoms with Crippen molar-refractivity contribution in [2.75, 3.05) is 6.54 Å². The van der Waals surface area contributed by atoms with Crippen LogP contribution in [0.1, 0.15) is 39.2 Å². The zero-order chi connectivity index (χ0) is 15.6. The average Bonchev–Trinajstić information content (AvgIpc) is 2.37. The standard InChI is InChI=1S/C17H23NO3/c1-17(2,3)15-11-13(7-8-18(15)16(20)21)9-12-5-4-6-14(19)10-12/h4-6,9-10,15,19H,7-8,11H2,1-3H3,(H,20,21)/b13-9-. The van der Waals surface area contributed by atoms with E-state index in [4.69, 9.17) is 0 Å². The van der Waals surface area contributed by atoms with E-state index < -0.39 is 6.09 Å². The highest BCUT2D eigenvalue weighted by Gasteiger charge is 2.36. The number of rotatable bonds is 1. The van der Waals surface area contributed by atoms with Crippen molar-refractivity contribution in [3.8, 4) is 5.75 Å². The first-order valence-corrected chi connectivity index (χ1v) is 7.25. The molecule has 4 heteroatoms. The first-order valence-electron chi connectivity index (χ1n) is 7.25. The molecule has 0 radical (unpaired) electrons. The maximum atomic E-state index is 11.4. The fraction of sp³-hybridized carbons (Fsp3) is 0.471. The van der Waals surface area contributed by atoms with E-state index in [2.05, 4.69) is 26.8 Å². The summed E-state index contributed by atoms with van der Waals surface area (Å²) in [6.07, 6.45) is 2.71. The maximum absolute atomic E-state index is 11.4. The van der Waals surface area contributed by atoms with Crippen LogP contribution in [-0.4, -0.2) is 33.8 Å². The van der Waals surface area contributed by atoms with Crippen LogP contribution in [0.25, 0.3) is 6.08 Å². The Balaban J connectivity index is 2.23. The number of carbonyl (C=O) groups is 1. The van der Waals surface area contributed by atoms with E-state index in [0.717, 1.165) is 18.4 Å². The predicted molar refractivity (Wildman–Crippen MR) is 83.3 cm³/mol. The molecule has 1 atom stereocenters. The van der Waals surface area contributed by atoms with Gasteiger partial charge in [-0.2, -0.15) is 0 Å². The second-order valence-corrected chi connectivity index (χ2v) is 6.71. The van der Waals surface area contributed by atoms with Gasteiger partial charge in [0.05, 0.1) is 0 Å². The highest BCUT2D eigenvalue weighted by molar-refractivity contribution is 5.66. The van der Waals surface area contributed by atoms with E-state index in [1.807, 2.05) is 12.1 Å². The Morgan fingerprint density at radius 1 is 1.38 bits per heavy atom. The molecule has 1 unspecified atom stereocenters. The largest absolute Gasteiger partial charge is 0.508 e. The third-order valence-corrected chi connectivity index (χ3v) is 3.99. The Labute approximate surface area is 125 Å². The molecule has 1 aliphatic rings. The van der Waals surface area contributed by atoms with E-state index >= 15 is 0 Å². The van der Waals surface area contributed by atoms with Crippen molar-refractivity contribution in [3.05, 3.63) is 35.4 Å². The Hall–Kier alpha value is -1.97. The lowest BCUT2D eigenvalue weighted by Crippen LogP contribution is -2.50. The van der Waals surface area contributed by atoms with E-state index in [9.17, 15) is 15.0 Å². The lowest BCUT2D eigenvalue weighted by atomic mass is 9.79. The molecule has 114 valence electrons. The minimum absolute atomic E-state index is 0.0210. The average molecular weight is 289 g/mol. The molecular weight excluding hydrogens is 266 g/mol. The fourth-order valence-electron chi connectivity index (χ4n) is 2.86. The van der Waals surface area contributed by atoms with Gasteiger partial charge in [-0.25, -0.2) is 4.79 Å². The van der Waals surface area contributed by atoms with E-state index in [1.165, 1.54) is 5.57 Å². The number of aromatic hydroxyl groups is 1. The summed E-state index contributed by atoms with van der Waals surface area (Å²) in [6.45, 7) is 6.75. The van der Waals surface area contributed by atoms with Crippen LogP contribution in [0.3, 0.4) is 0 Å². The molecule has 0 aromatic heterocycles. The quantitative estimate of drug-likeness (QED) is 0.822. The zero-order valence-corrected chi connectivity index (χ0v) is 12.8. The van der Waals surface area contributed by atoms with Crippen molar-refractivity contribution in [2.45, 2.75) is 39.7 Å². The molecule has 0 aliphatic carbocycles. The minimum Gasteiger partial charge on any atom is -0.508 e. The van der Waals surface area contributed by atoms with Crippen LogP contribution in [0.5, 0.6) is 5.75 Å². The summed E-state index contributed by atoms with van der Waals surface area (Å²) in [7, 11) is 0. The van der Waals surface area contributed by atoms with Gasteiger partial charge in [0.1, 0.15) is 5.75 Å². The SMILES string of the molecule is CC(C)(C)C1C/C(=C\c2cccc(O)c2)CCN1C(=O)O. The lowest BCUT2D eigenvalue weighted by molar-refractivity contribution is 0.0724. The van der Waals surface area contributed by atoms with Crippen molar-refractivity contribution in [3.63, 3.8) is 0 Å². The van der Waals surface area contributed by atoms with Crippen LogP contribution in [0.2, 0.25) is 0 Å². The Morgan fingerprint density at radius 3 is 2.67 bits per heavy atom. The van der Waals surface area contributed by atoms with Crippen LogP contribution >= 0.6 is 0 Å². The summed E-state index contributed by atoms with van der Waals surface area (Å²) < 4.78 is 0. The third-order valence-electron chi connectivity index (χ3n) is 3.99. The molecule has 0 bridgehead atoms. The van der Waals surface area contributed by atoms with Crippen LogP contribution < -0.4 is 0 Å². The number of hydrogen-bond donors (Lipinski definition) is 2. The van der Waals surface area contributed by atoms with Gasteiger partial charge in [-0.15, -0.1) is 0 Å². The number of piperidine rings is 1. The van der Waals surface area contributed by atoms with E-state index in [0.29, 0.717) is 6.54 Å².